The molecular formula is C47H55N7O11. The topological polar surface area (TPSA) is 224 Å². The Balaban J connectivity index is 1.02. The van der Waals surface area contributed by atoms with Gasteiger partial charge in [0.15, 0.2) is 29.2 Å². The molecule has 3 aromatic rings. The third-order valence-electron chi connectivity index (χ3n) is 11.7. The first-order chi connectivity index (χ1) is 31.1. The van der Waals surface area contributed by atoms with Crippen LogP contribution in [0.1, 0.15) is 66.3 Å². The Bertz CT molecular complexity index is 2420. The van der Waals surface area contributed by atoms with Gasteiger partial charge >= 0.3 is 6.09 Å². The molecule has 18 heteroatoms. The normalized spacial score (nSPS) is 19.6. The van der Waals surface area contributed by atoms with Crippen molar-refractivity contribution in [1.82, 2.24) is 15.1 Å². The molecule has 5 atom stereocenters. The van der Waals surface area contributed by atoms with Crippen LogP contribution >= 0.6 is 0 Å². The molecule has 0 bridgehead atoms. The molecule has 0 aromatic heterocycles. The van der Waals surface area contributed by atoms with Crippen molar-refractivity contribution in [2.75, 3.05) is 50.7 Å². The van der Waals surface area contributed by atoms with E-state index in [4.69, 9.17) is 29.4 Å². The van der Waals surface area contributed by atoms with Crippen LogP contribution in [0.25, 0.3) is 0 Å². The van der Waals surface area contributed by atoms with Gasteiger partial charge < -0.3 is 55.0 Å². The maximum atomic E-state index is 14.1. The van der Waals surface area contributed by atoms with Gasteiger partial charge in [0.2, 0.25) is 11.8 Å². The number of aliphatic hydroxyl groups is 1. The minimum absolute atomic E-state index is 0.0581. The van der Waals surface area contributed by atoms with Gasteiger partial charge in [0.05, 0.1) is 68.1 Å². The average molecular weight is 894 g/mol. The summed E-state index contributed by atoms with van der Waals surface area (Å²) in [6.07, 6.45) is 0.616. The Hall–Kier alpha value is -6.92. The van der Waals surface area contributed by atoms with Crippen LogP contribution in [0.3, 0.4) is 0 Å². The summed E-state index contributed by atoms with van der Waals surface area (Å²) >= 11 is 0. The Labute approximate surface area is 377 Å². The fourth-order valence-corrected chi connectivity index (χ4v) is 8.04. The molecule has 0 saturated carbocycles. The highest BCUT2D eigenvalue weighted by Crippen LogP contribution is 2.43. The summed E-state index contributed by atoms with van der Waals surface area (Å²) in [7, 11) is 2.92. The lowest BCUT2D eigenvalue weighted by atomic mass is 10.0. The van der Waals surface area contributed by atoms with E-state index in [1.54, 1.807) is 54.4 Å². The van der Waals surface area contributed by atoms with Crippen molar-refractivity contribution < 1.29 is 52.8 Å². The van der Waals surface area contributed by atoms with Gasteiger partial charge in [-0.1, -0.05) is 50.3 Å². The quantitative estimate of drug-likeness (QED) is 0.120. The number of carbonyl (C=O) groups excluding carboxylic acids is 5. The highest BCUT2D eigenvalue weighted by Gasteiger charge is 2.46. The van der Waals surface area contributed by atoms with Gasteiger partial charge in [-0.15, -0.1) is 0 Å². The van der Waals surface area contributed by atoms with Crippen LogP contribution in [0, 0.1) is 5.92 Å². The van der Waals surface area contributed by atoms with E-state index in [9.17, 15) is 29.1 Å². The fraction of sp³-hybridized carbons (Fsp3) is 0.404. The zero-order valence-electron chi connectivity index (χ0n) is 37.1. The molecule has 0 radical (unpaired) electrons. The van der Waals surface area contributed by atoms with Crippen LogP contribution in [0.5, 0.6) is 23.0 Å². The Morgan fingerprint density at radius 3 is 2.12 bits per heavy atom. The van der Waals surface area contributed by atoms with Crippen molar-refractivity contribution in [3.8, 4) is 23.0 Å². The molecule has 4 heterocycles. The van der Waals surface area contributed by atoms with Gasteiger partial charge in [-0.25, -0.2) is 9.69 Å². The van der Waals surface area contributed by atoms with Crippen LogP contribution in [-0.2, 0) is 20.9 Å². The summed E-state index contributed by atoms with van der Waals surface area (Å²) in [5.74, 6) is -0.369. The van der Waals surface area contributed by atoms with Gasteiger partial charge in [0.25, 0.3) is 11.8 Å². The Morgan fingerprint density at radius 1 is 0.846 bits per heavy atom. The van der Waals surface area contributed by atoms with Crippen LogP contribution in [0.4, 0.5) is 21.9 Å². The second-order valence-electron chi connectivity index (χ2n) is 16.8. The van der Waals surface area contributed by atoms with E-state index in [-0.39, 0.29) is 73.4 Å². The van der Waals surface area contributed by atoms with Gasteiger partial charge in [0, 0.05) is 43.5 Å². The predicted molar refractivity (Wildman–Crippen MR) is 241 cm³/mol. The molecule has 5 N–H and O–H groups in total. The number of ether oxygens (including phenoxy) is 5. The van der Waals surface area contributed by atoms with Gasteiger partial charge in [-0.3, -0.25) is 24.2 Å². The molecule has 2 fully saturated rings. The zero-order chi connectivity index (χ0) is 46.7. The molecule has 0 aliphatic carbocycles. The van der Waals surface area contributed by atoms with E-state index < -0.39 is 48.2 Å². The van der Waals surface area contributed by atoms with Crippen molar-refractivity contribution in [1.29, 1.82) is 0 Å². The summed E-state index contributed by atoms with van der Waals surface area (Å²) in [5.41, 5.74) is 9.62. The maximum absolute atomic E-state index is 14.1. The SMILES string of the molecule is C=C1C[C@H]2C=Nc3cc(OCCCOc4cc5c(cc4OC)C(=O)N4CC(=C)C[C@H]4[C@H](O)N5C(=O)OCc4ccc(NC(=O)[C@H](C)NC(=O)C(N)C(C)C)cc4)c(OC)cc3C(=O)N2C1. The third kappa shape index (κ3) is 9.78. The number of hydrogen-bond donors (Lipinski definition) is 4. The maximum Gasteiger partial charge on any atom is 0.416 e. The van der Waals surface area contributed by atoms with Crippen molar-refractivity contribution in [2.45, 2.75) is 77.0 Å². The van der Waals surface area contributed by atoms with E-state index in [0.717, 1.165) is 10.5 Å². The minimum Gasteiger partial charge on any atom is -0.493 e. The highest BCUT2D eigenvalue weighted by atomic mass is 16.6. The number of aliphatic imine (C=N–C) groups is 1. The molecule has 18 nitrogen and oxygen atoms in total. The lowest BCUT2D eigenvalue weighted by molar-refractivity contribution is -0.127. The summed E-state index contributed by atoms with van der Waals surface area (Å²) in [5, 5.41) is 17.2. The number of anilines is 2. The second kappa shape index (κ2) is 19.4. The first kappa shape index (κ1) is 46.1. The lowest BCUT2D eigenvalue weighted by Crippen LogP contribution is -2.50. The second-order valence-corrected chi connectivity index (χ2v) is 16.8. The first-order valence-corrected chi connectivity index (χ1v) is 21.4. The summed E-state index contributed by atoms with van der Waals surface area (Å²) in [4.78, 5) is 75.4. The Morgan fingerprint density at radius 2 is 1.46 bits per heavy atom. The number of methoxy groups -OCH3 is 2. The predicted octanol–water partition coefficient (Wildman–Crippen LogP) is 4.71. The number of nitrogens with zero attached hydrogens (tertiary/aromatic N) is 4. The number of amides is 5. The van der Waals surface area contributed by atoms with Crippen LogP contribution < -0.4 is 40.2 Å². The van der Waals surface area contributed by atoms with Gasteiger partial charge in [-0.2, -0.15) is 0 Å². The van der Waals surface area contributed by atoms with Gasteiger partial charge in [-0.05, 0) is 55.5 Å². The summed E-state index contributed by atoms with van der Waals surface area (Å²) in [6, 6.07) is 10.2. The number of benzene rings is 3. The minimum atomic E-state index is -1.51. The molecular weight excluding hydrogens is 839 g/mol. The van der Waals surface area contributed by atoms with Crippen LogP contribution in [0.2, 0.25) is 0 Å². The van der Waals surface area contributed by atoms with Crippen molar-refractivity contribution in [2.24, 2.45) is 16.6 Å². The van der Waals surface area contributed by atoms with Crippen molar-refractivity contribution in [3.63, 3.8) is 0 Å². The van der Waals surface area contributed by atoms with E-state index in [0.29, 0.717) is 59.0 Å². The van der Waals surface area contributed by atoms with Crippen LogP contribution in [0.15, 0.2) is 77.8 Å². The van der Waals surface area contributed by atoms with Crippen LogP contribution in [-0.4, -0.2) is 122 Å². The van der Waals surface area contributed by atoms with Crippen molar-refractivity contribution in [3.05, 3.63) is 89.5 Å². The third-order valence-corrected chi connectivity index (χ3v) is 11.7. The Kier molecular flexibility index (Phi) is 13.8. The standard InChI is InChI=1S/C47H55N7O11/c1-25(2)41(48)43(56)50-28(5)42(55)51-30-11-9-29(10-12-30)24-65-47(60)54-35-20-40(38(62-7)18-33(35)45(58)53-23-27(4)16-36(53)46(54)59)64-14-8-13-63-39-19-34-32(17-37(39)61-6)44(57)52-22-26(3)15-31(52)21-49-34/h9-12,17-21,25,28,31,36,41,46,59H,3-4,8,13-16,22-24,48H2,1-2,5-7H3,(H,50,56)(H,51,55)/t28-,31-,36-,41?,46-/m0/s1. The molecule has 1 unspecified atom stereocenters. The molecule has 5 amide bonds. The van der Waals surface area contributed by atoms with E-state index >= 15 is 0 Å². The van der Waals surface area contributed by atoms with E-state index in [2.05, 4.69) is 28.8 Å². The smallest absolute Gasteiger partial charge is 0.416 e. The van der Waals surface area contributed by atoms with Gasteiger partial charge in [0.1, 0.15) is 12.6 Å². The average Bonchev–Trinajstić information content (AvgIpc) is 3.83. The summed E-state index contributed by atoms with van der Waals surface area (Å²) < 4.78 is 29.2. The van der Waals surface area contributed by atoms with Crippen molar-refractivity contribution >= 4 is 53.0 Å². The largest absolute Gasteiger partial charge is 0.493 e. The monoisotopic (exact) mass is 893 g/mol. The zero-order valence-corrected chi connectivity index (χ0v) is 37.1. The van der Waals surface area contributed by atoms with E-state index in [1.807, 2.05) is 13.8 Å². The highest BCUT2D eigenvalue weighted by molar-refractivity contribution is 6.06. The molecule has 3 aromatic carbocycles. The molecule has 0 spiro atoms. The fourth-order valence-electron chi connectivity index (χ4n) is 8.04. The van der Waals surface area contributed by atoms with E-state index in [1.165, 1.54) is 31.3 Å². The molecule has 2 saturated heterocycles. The number of nitrogens with one attached hydrogen (secondary N) is 2. The lowest BCUT2D eigenvalue weighted by Gasteiger charge is -2.31. The molecule has 344 valence electrons. The molecule has 65 heavy (non-hydrogen) atoms. The number of carbonyl (C=O) groups is 5. The molecule has 4 aliphatic rings. The first-order valence-electron chi connectivity index (χ1n) is 21.4. The number of hydrogen-bond acceptors (Lipinski definition) is 13. The number of nitrogens with two attached hydrogens (primary N) is 1. The number of aliphatic hydroxyl groups excluding tert-OH is 1. The number of rotatable bonds is 15. The summed E-state index contributed by atoms with van der Waals surface area (Å²) in [6.45, 7) is 14.0. The number of fused-ring (bicyclic) bond motifs is 4. The molecule has 4 aliphatic heterocycles. The molecule has 7 rings (SSSR count).